The van der Waals surface area contributed by atoms with Crippen molar-refractivity contribution in [1.29, 1.82) is 0 Å². The molecule has 0 aliphatic carbocycles. The number of anilines is 1. The quantitative estimate of drug-likeness (QED) is 0.149. The molecule has 236 valence electrons. The summed E-state index contributed by atoms with van der Waals surface area (Å²) in [7, 11) is 3.14. The highest BCUT2D eigenvalue weighted by Gasteiger charge is 2.19. The molecule has 0 saturated carbocycles. The Morgan fingerprint density at radius 3 is 2.46 bits per heavy atom. The number of nitrogens with zero attached hydrogens (tertiary/aromatic N) is 3. The van der Waals surface area contributed by atoms with Gasteiger partial charge in [0.1, 0.15) is 5.75 Å². The Balaban J connectivity index is 1.50. The molecule has 0 saturated heterocycles. The first-order chi connectivity index (χ1) is 22.1. The minimum Gasteiger partial charge on any atom is -0.496 e. The van der Waals surface area contributed by atoms with E-state index in [1.165, 1.54) is 11.8 Å². The fraction of sp³-hybridized carbons (Fsp3) is 0.200. The molecule has 0 aliphatic heterocycles. The second kappa shape index (κ2) is 14.2. The van der Waals surface area contributed by atoms with E-state index in [4.69, 9.17) is 30.8 Å². The zero-order chi connectivity index (χ0) is 33.0. The zero-order valence-corrected chi connectivity index (χ0v) is 28.3. The highest BCUT2D eigenvalue weighted by molar-refractivity contribution is 9.10. The first kappa shape index (κ1) is 32.7. The molecular weight excluding hydrogens is 672 g/mol. The summed E-state index contributed by atoms with van der Waals surface area (Å²) in [6, 6.07) is 21.4. The number of hydrogen-bond donors (Lipinski definition) is 1. The molecule has 0 unspecified atom stereocenters. The van der Waals surface area contributed by atoms with Crippen molar-refractivity contribution in [3.63, 3.8) is 0 Å². The number of aryl methyl sites for hydroxylation is 1. The maximum absolute atomic E-state index is 13.8. The number of fused-ring (bicyclic) bond motifs is 1. The second-order valence-corrected chi connectivity index (χ2v) is 12.0. The summed E-state index contributed by atoms with van der Waals surface area (Å²) in [4.78, 5) is 31.2. The topological polar surface area (TPSA) is 104 Å². The van der Waals surface area contributed by atoms with Gasteiger partial charge >= 0.3 is 0 Å². The van der Waals surface area contributed by atoms with Crippen LogP contribution >= 0.6 is 27.5 Å². The minimum atomic E-state index is -0.355. The fourth-order valence-corrected chi connectivity index (χ4v) is 5.62. The second-order valence-electron chi connectivity index (χ2n) is 10.8. The molecule has 46 heavy (non-hydrogen) atoms. The average molecular weight is 704 g/mol. The fourth-order valence-electron chi connectivity index (χ4n) is 4.92. The van der Waals surface area contributed by atoms with Crippen molar-refractivity contribution < 1.29 is 19.0 Å². The molecule has 4 aromatic carbocycles. The Morgan fingerprint density at radius 1 is 1.04 bits per heavy atom. The van der Waals surface area contributed by atoms with Crippen molar-refractivity contribution in [2.24, 2.45) is 5.10 Å². The van der Waals surface area contributed by atoms with E-state index in [-0.39, 0.29) is 24.0 Å². The summed E-state index contributed by atoms with van der Waals surface area (Å²) in [6.45, 7) is 5.86. The Kier molecular flexibility index (Phi) is 10.1. The van der Waals surface area contributed by atoms with Crippen LogP contribution in [-0.4, -0.2) is 42.6 Å². The predicted octanol–water partition coefficient (Wildman–Crippen LogP) is 7.83. The zero-order valence-electron chi connectivity index (χ0n) is 25.9. The van der Waals surface area contributed by atoms with Crippen LogP contribution < -0.4 is 25.1 Å². The van der Waals surface area contributed by atoms with Crippen LogP contribution in [-0.2, 0) is 4.79 Å². The van der Waals surface area contributed by atoms with Crippen LogP contribution in [0.5, 0.6) is 17.2 Å². The van der Waals surface area contributed by atoms with Gasteiger partial charge in [0.15, 0.2) is 23.9 Å². The van der Waals surface area contributed by atoms with Crippen molar-refractivity contribution in [1.82, 2.24) is 9.66 Å². The van der Waals surface area contributed by atoms with Crippen molar-refractivity contribution in [2.75, 3.05) is 26.1 Å². The van der Waals surface area contributed by atoms with Crippen LogP contribution in [0.4, 0.5) is 5.69 Å². The van der Waals surface area contributed by atoms with E-state index in [2.05, 4.69) is 40.2 Å². The van der Waals surface area contributed by atoms with Gasteiger partial charge in [0.2, 0.25) is 0 Å². The molecule has 0 bridgehead atoms. The van der Waals surface area contributed by atoms with Crippen molar-refractivity contribution >= 4 is 56.2 Å². The predicted molar refractivity (Wildman–Crippen MR) is 186 cm³/mol. The van der Waals surface area contributed by atoms with Gasteiger partial charge < -0.3 is 19.5 Å². The Labute approximate surface area is 279 Å². The molecule has 1 aromatic heterocycles. The van der Waals surface area contributed by atoms with E-state index in [0.29, 0.717) is 49.0 Å². The standard InChI is InChI=1S/C35H32BrClN4O5/c1-20(2)26-17-27(21(3)14-30(26)44-4)34-40-29-9-7-6-8-25(29)35(43)41(34)38-18-22-15-28(36)33(31(16-22)45-5)46-19-32(42)39-24-12-10-23(37)11-13-24/h6-18,20H,19H2,1-5H3,(H,39,42). The van der Waals surface area contributed by atoms with Gasteiger partial charge in [0.25, 0.3) is 11.5 Å². The van der Waals surface area contributed by atoms with Gasteiger partial charge in [-0.2, -0.15) is 9.78 Å². The van der Waals surface area contributed by atoms with Gasteiger partial charge in [-0.1, -0.05) is 37.6 Å². The van der Waals surface area contributed by atoms with Crippen LogP contribution in [0.3, 0.4) is 0 Å². The van der Waals surface area contributed by atoms with Gasteiger partial charge in [0.05, 0.1) is 35.8 Å². The summed E-state index contributed by atoms with van der Waals surface area (Å²) in [6.07, 6.45) is 1.55. The normalized spacial score (nSPS) is 11.3. The molecule has 5 aromatic rings. The molecule has 0 aliphatic rings. The van der Waals surface area contributed by atoms with Gasteiger partial charge in [-0.25, -0.2) is 4.98 Å². The van der Waals surface area contributed by atoms with Gasteiger partial charge in [-0.3, -0.25) is 9.59 Å². The molecular formula is C35H32BrClN4O5. The third-order valence-corrected chi connectivity index (χ3v) is 8.08. The summed E-state index contributed by atoms with van der Waals surface area (Å²) in [5.41, 5.74) is 4.12. The number of benzene rings is 4. The van der Waals surface area contributed by atoms with Crippen molar-refractivity contribution in [3.8, 4) is 28.6 Å². The number of para-hydroxylation sites is 1. The lowest BCUT2D eigenvalue weighted by molar-refractivity contribution is -0.118. The summed E-state index contributed by atoms with van der Waals surface area (Å²) in [5.74, 6) is 1.70. The maximum atomic E-state index is 13.8. The van der Waals surface area contributed by atoms with E-state index in [1.807, 2.05) is 31.2 Å². The number of methoxy groups -OCH3 is 2. The first-order valence-corrected chi connectivity index (χ1v) is 15.6. The molecule has 11 heteroatoms. The summed E-state index contributed by atoms with van der Waals surface area (Å²) in [5, 5.41) is 8.40. The van der Waals surface area contributed by atoms with Crippen LogP contribution in [0.1, 0.15) is 36.5 Å². The third-order valence-electron chi connectivity index (χ3n) is 7.24. The monoisotopic (exact) mass is 702 g/mol. The molecule has 1 N–H and O–H groups in total. The molecule has 0 radical (unpaired) electrons. The minimum absolute atomic E-state index is 0.174. The molecule has 0 atom stereocenters. The molecule has 1 heterocycles. The Hall–Kier alpha value is -4.67. The molecule has 1 amide bonds. The maximum Gasteiger partial charge on any atom is 0.282 e. The van der Waals surface area contributed by atoms with Crippen LogP contribution in [0, 0.1) is 6.92 Å². The van der Waals surface area contributed by atoms with Crippen LogP contribution in [0.25, 0.3) is 22.3 Å². The number of amides is 1. The molecule has 0 spiro atoms. The average Bonchev–Trinajstić information content (AvgIpc) is 3.04. The Bertz CT molecular complexity index is 2010. The number of carbonyl (C=O) groups is 1. The van der Waals surface area contributed by atoms with E-state index in [1.54, 1.807) is 61.9 Å². The van der Waals surface area contributed by atoms with Crippen LogP contribution in [0.2, 0.25) is 5.02 Å². The Morgan fingerprint density at radius 2 is 1.76 bits per heavy atom. The summed E-state index contributed by atoms with van der Waals surface area (Å²) < 4.78 is 18.9. The van der Waals surface area contributed by atoms with Gasteiger partial charge in [-0.05, 0) is 106 Å². The lowest BCUT2D eigenvalue weighted by atomic mass is 9.96. The lowest BCUT2D eigenvalue weighted by Gasteiger charge is -2.17. The number of rotatable bonds is 10. The molecule has 0 fully saturated rings. The number of ether oxygens (including phenoxy) is 3. The SMILES string of the molecule is COc1cc(C)c(-c2nc3ccccc3c(=O)n2N=Cc2cc(Br)c(OCC(=O)Nc3ccc(Cl)cc3)c(OC)c2)cc1C(C)C. The van der Waals surface area contributed by atoms with Gasteiger partial charge in [0, 0.05) is 16.3 Å². The smallest absolute Gasteiger partial charge is 0.282 e. The molecule has 9 nitrogen and oxygen atoms in total. The van der Waals surface area contributed by atoms with Crippen molar-refractivity contribution in [3.05, 3.63) is 109 Å². The van der Waals surface area contributed by atoms with Crippen molar-refractivity contribution in [2.45, 2.75) is 26.7 Å². The largest absolute Gasteiger partial charge is 0.496 e. The number of nitrogens with one attached hydrogen (secondary N) is 1. The number of halogens is 2. The highest BCUT2D eigenvalue weighted by atomic mass is 79.9. The van der Waals surface area contributed by atoms with E-state index in [9.17, 15) is 9.59 Å². The number of aromatic nitrogens is 2. The lowest BCUT2D eigenvalue weighted by Crippen LogP contribution is -2.21. The van der Waals surface area contributed by atoms with Gasteiger partial charge in [-0.15, -0.1) is 0 Å². The van der Waals surface area contributed by atoms with E-state index < -0.39 is 0 Å². The highest BCUT2D eigenvalue weighted by Crippen LogP contribution is 2.37. The van der Waals surface area contributed by atoms with E-state index >= 15 is 0 Å². The number of hydrogen-bond acceptors (Lipinski definition) is 7. The number of carbonyl (C=O) groups excluding carboxylic acids is 1. The third kappa shape index (κ3) is 7.08. The summed E-state index contributed by atoms with van der Waals surface area (Å²) >= 11 is 9.45. The first-order valence-electron chi connectivity index (χ1n) is 14.4. The van der Waals surface area contributed by atoms with Crippen LogP contribution in [0.15, 0.2) is 87.2 Å². The molecule has 5 rings (SSSR count). The van der Waals surface area contributed by atoms with E-state index in [0.717, 1.165) is 22.4 Å².